The lowest BCUT2D eigenvalue weighted by molar-refractivity contribution is -0.296. The lowest BCUT2D eigenvalue weighted by Crippen LogP contribution is -2.60. The van der Waals surface area contributed by atoms with Gasteiger partial charge in [0.2, 0.25) is 0 Å². The third-order valence-corrected chi connectivity index (χ3v) is 11.9. The van der Waals surface area contributed by atoms with Crippen LogP contribution in [0.3, 0.4) is 0 Å². The molecule has 13 heteroatoms. The van der Waals surface area contributed by atoms with Gasteiger partial charge in [0.25, 0.3) is 0 Å². The zero-order valence-corrected chi connectivity index (χ0v) is 33.8. The number of aliphatic hydroxyl groups is 1. The van der Waals surface area contributed by atoms with E-state index < -0.39 is 83.4 Å². The van der Waals surface area contributed by atoms with Crippen LogP contribution in [-0.4, -0.2) is 113 Å². The average molecular weight is 766 g/mol. The molecule has 13 atom stereocenters. The van der Waals surface area contributed by atoms with E-state index in [9.17, 15) is 24.3 Å². The number of Topliss-reactive ketones (excluding diaryl/α,β-unsaturated/α-hetero) is 2. The Morgan fingerprint density at radius 2 is 1.75 bits per heavy atom. The number of alkyl carbamates (subject to hydrolysis) is 1. The Hall–Kier alpha value is -3.75. The number of hydrogen-bond donors (Lipinski definition) is 2. The van der Waals surface area contributed by atoms with Crippen LogP contribution in [0.15, 0.2) is 42.6 Å². The van der Waals surface area contributed by atoms with Crippen LogP contribution >= 0.6 is 0 Å². The fraction of sp³-hybridized carbons (Fsp3) is 0.643. The molecule has 2 aromatic rings. The summed E-state index contributed by atoms with van der Waals surface area (Å²) in [6.07, 6.45) is 1.12. The highest BCUT2D eigenvalue weighted by Crippen LogP contribution is 2.40. The van der Waals surface area contributed by atoms with Gasteiger partial charge in [0.15, 0.2) is 17.7 Å². The molecular weight excluding hydrogens is 706 g/mol. The third-order valence-electron chi connectivity index (χ3n) is 11.9. The van der Waals surface area contributed by atoms with Crippen LogP contribution in [0.1, 0.15) is 80.2 Å². The number of carbonyl (C=O) groups is 4. The number of esters is 1. The van der Waals surface area contributed by atoms with Crippen molar-refractivity contribution < 1.29 is 48.0 Å². The Kier molecular flexibility index (Phi) is 13.2. The van der Waals surface area contributed by atoms with E-state index in [-0.39, 0.29) is 37.4 Å². The van der Waals surface area contributed by atoms with Crippen LogP contribution in [0.25, 0.3) is 17.0 Å². The summed E-state index contributed by atoms with van der Waals surface area (Å²) in [6.45, 7) is 13.8. The van der Waals surface area contributed by atoms with Crippen LogP contribution in [0.5, 0.6) is 0 Å². The Morgan fingerprint density at radius 3 is 2.44 bits per heavy atom. The van der Waals surface area contributed by atoms with Gasteiger partial charge in [-0.15, -0.1) is 0 Å². The molecular formula is C42H59N3O10. The van der Waals surface area contributed by atoms with E-state index in [2.05, 4.69) is 10.3 Å². The second kappa shape index (κ2) is 17.2. The van der Waals surface area contributed by atoms with Crippen LogP contribution < -0.4 is 5.32 Å². The third kappa shape index (κ3) is 8.96. The predicted molar refractivity (Wildman–Crippen MR) is 206 cm³/mol. The Morgan fingerprint density at radius 1 is 1.04 bits per heavy atom. The minimum absolute atomic E-state index is 0.0612. The number of nitrogens with zero attached hydrogens (tertiary/aromatic N) is 2. The number of nitrogens with one attached hydrogen (secondary N) is 1. The fourth-order valence-corrected chi connectivity index (χ4v) is 8.73. The van der Waals surface area contributed by atoms with Crippen LogP contribution in [-0.2, 0) is 38.1 Å². The summed E-state index contributed by atoms with van der Waals surface area (Å²) >= 11 is 0. The lowest BCUT2D eigenvalue weighted by atomic mass is 9.73. The fourth-order valence-electron chi connectivity index (χ4n) is 8.73. The van der Waals surface area contributed by atoms with Gasteiger partial charge in [-0.1, -0.05) is 58.0 Å². The molecule has 0 radical (unpaired) electrons. The largest absolute Gasteiger partial charge is 0.458 e. The van der Waals surface area contributed by atoms with E-state index in [0.29, 0.717) is 6.42 Å². The van der Waals surface area contributed by atoms with E-state index in [4.69, 9.17) is 23.7 Å². The molecule has 0 saturated carbocycles. The summed E-state index contributed by atoms with van der Waals surface area (Å²) in [5.41, 5.74) is -1.00. The molecule has 0 spiro atoms. The highest BCUT2D eigenvalue weighted by atomic mass is 16.7. The second-order valence-corrected chi connectivity index (χ2v) is 16.4. The summed E-state index contributed by atoms with van der Waals surface area (Å²) in [5.74, 6) is -5.12. The zero-order chi connectivity index (χ0) is 40.4. The lowest BCUT2D eigenvalue weighted by Gasteiger charge is -2.47. The van der Waals surface area contributed by atoms with Crippen molar-refractivity contribution in [1.82, 2.24) is 15.2 Å². The highest BCUT2D eigenvalue weighted by molar-refractivity contribution is 6.00. The number of ketones is 2. The molecule has 0 aliphatic carbocycles. The molecule has 302 valence electrons. The van der Waals surface area contributed by atoms with Gasteiger partial charge in [-0.05, 0) is 78.7 Å². The first-order valence-corrected chi connectivity index (χ1v) is 19.5. The Labute approximate surface area is 324 Å². The monoisotopic (exact) mass is 765 g/mol. The second-order valence-electron chi connectivity index (χ2n) is 16.4. The number of para-hydroxylation sites is 1. The predicted octanol–water partition coefficient (Wildman–Crippen LogP) is 5.11. The molecule has 55 heavy (non-hydrogen) atoms. The van der Waals surface area contributed by atoms with Crippen LogP contribution in [0.4, 0.5) is 4.79 Å². The number of carbonyl (C=O) groups excluding carboxylic acids is 4. The van der Waals surface area contributed by atoms with Gasteiger partial charge in [0.1, 0.15) is 23.9 Å². The van der Waals surface area contributed by atoms with E-state index in [1.165, 1.54) is 6.92 Å². The van der Waals surface area contributed by atoms with Crippen molar-refractivity contribution >= 4 is 40.6 Å². The standard InChI is InChI=1S/C42H59N3O10/c1-11-32-42(8)36(44-40(50)55-42)25(4)33(46)23(2)21-41(7,51-18-14-15-28-20-29-16-12-13-17-30(29)43-22-28)37(26(5)34(47)27(6)38(49)53-32)54-39-35(48)31(45(9)10)19-24(3)52-39/h12-17,20,22-27,31-32,35-37,39,48H,11,18-19,21H2,1-10H3,(H,44,50)/b15-14+/t23-,24-,25-,26+,27-,31+,32+,35-,36-,37-,39+,41-,42-/m1/s1. The van der Waals surface area contributed by atoms with Crippen molar-refractivity contribution in [2.75, 3.05) is 20.7 Å². The van der Waals surface area contributed by atoms with Crippen LogP contribution in [0, 0.1) is 23.7 Å². The summed E-state index contributed by atoms with van der Waals surface area (Å²) in [6, 6.07) is 8.70. The van der Waals surface area contributed by atoms with Crippen LogP contribution in [0.2, 0.25) is 0 Å². The van der Waals surface area contributed by atoms with E-state index >= 15 is 0 Å². The normalized spacial score (nSPS) is 38.1. The molecule has 5 rings (SSSR count). The minimum atomic E-state index is -1.38. The number of benzene rings is 1. The first-order chi connectivity index (χ1) is 25.9. The molecule has 3 aliphatic heterocycles. The molecule has 1 aromatic carbocycles. The number of aliphatic hydroxyl groups excluding tert-OH is 1. The molecule has 13 nitrogen and oxygen atoms in total. The number of rotatable bonds is 8. The molecule has 3 aliphatic rings. The summed E-state index contributed by atoms with van der Waals surface area (Å²) < 4.78 is 31.4. The first-order valence-electron chi connectivity index (χ1n) is 19.5. The maximum absolute atomic E-state index is 14.4. The number of ether oxygens (including phenoxy) is 5. The highest BCUT2D eigenvalue weighted by Gasteiger charge is 2.57. The van der Waals surface area contributed by atoms with E-state index in [0.717, 1.165) is 16.5 Å². The topological polar surface area (TPSA) is 163 Å². The van der Waals surface area contributed by atoms with Gasteiger partial charge in [-0.25, -0.2) is 4.79 Å². The van der Waals surface area contributed by atoms with Crippen molar-refractivity contribution in [3.8, 4) is 0 Å². The van der Waals surface area contributed by atoms with Crippen molar-refractivity contribution in [3.05, 3.63) is 48.2 Å². The summed E-state index contributed by atoms with van der Waals surface area (Å²) in [7, 11) is 3.74. The number of likely N-dealkylation sites (N-methyl/N-ethyl adjacent to an activating group) is 1. The van der Waals surface area contributed by atoms with Gasteiger partial charge in [0, 0.05) is 35.4 Å². The Balaban J connectivity index is 1.56. The van der Waals surface area contributed by atoms with Crippen molar-refractivity contribution in [1.29, 1.82) is 0 Å². The summed E-state index contributed by atoms with van der Waals surface area (Å²) in [5, 5.41) is 15.4. The molecule has 0 unspecified atom stereocenters. The molecule has 1 amide bonds. The molecule has 4 heterocycles. The zero-order valence-electron chi connectivity index (χ0n) is 33.8. The SMILES string of the molecule is CC[C@@H]1OC(=O)[C@H](C)C(=O)[C@H](C)[C@@H](O[C@@H]2O[C@H](C)C[C@H](N(C)C)[C@H]2O)[C@](C)(OC/C=C/c2cnc3ccccc3c2)C[C@@H](C)C(=O)[C@@H](C)[C@H]2NC(=O)O[C@]12C. The smallest absolute Gasteiger partial charge is 0.408 e. The van der Waals surface area contributed by atoms with Gasteiger partial charge >= 0.3 is 12.1 Å². The number of cyclic esters (lactones) is 1. The summed E-state index contributed by atoms with van der Waals surface area (Å²) in [4.78, 5) is 61.8. The average Bonchev–Trinajstić information content (AvgIpc) is 3.47. The maximum atomic E-state index is 14.4. The molecule has 3 saturated heterocycles. The van der Waals surface area contributed by atoms with Gasteiger partial charge in [-0.2, -0.15) is 0 Å². The van der Waals surface area contributed by atoms with Gasteiger partial charge in [-0.3, -0.25) is 19.4 Å². The van der Waals surface area contributed by atoms with E-state index in [1.807, 2.05) is 68.4 Å². The molecule has 0 bridgehead atoms. The number of hydrogen-bond acceptors (Lipinski definition) is 12. The number of amides is 1. The van der Waals surface area contributed by atoms with Gasteiger partial charge in [0.05, 0.1) is 36.0 Å². The van der Waals surface area contributed by atoms with E-state index in [1.54, 1.807) is 47.7 Å². The van der Waals surface area contributed by atoms with Crippen molar-refractivity contribution in [2.24, 2.45) is 23.7 Å². The quantitative estimate of drug-likeness (QED) is 0.270. The minimum Gasteiger partial charge on any atom is -0.458 e. The van der Waals surface area contributed by atoms with Crippen molar-refractivity contribution in [2.45, 2.75) is 129 Å². The number of fused-ring (bicyclic) bond motifs is 2. The molecule has 2 N–H and O–H groups in total. The van der Waals surface area contributed by atoms with Crippen molar-refractivity contribution in [3.63, 3.8) is 0 Å². The molecule has 1 aromatic heterocycles. The maximum Gasteiger partial charge on any atom is 0.408 e. The number of aromatic nitrogens is 1. The molecule has 3 fully saturated rings. The number of pyridine rings is 1. The van der Waals surface area contributed by atoms with Gasteiger partial charge < -0.3 is 39.0 Å². The first kappa shape index (κ1) is 42.4. The Bertz CT molecular complexity index is 1750.